The van der Waals surface area contributed by atoms with Crippen molar-refractivity contribution in [1.29, 1.82) is 0 Å². The van der Waals surface area contributed by atoms with Crippen LogP contribution in [0.15, 0.2) is 0 Å². The Balaban J connectivity index is 0.000000461. The minimum Gasteiger partial charge on any atom is -0.390 e. The van der Waals surface area contributed by atoms with Gasteiger partial charge >= 0.3 is 0 Å². The van der Waals surface area contributed by atoms with Gasteiger partial charge in [0.25, 0.3) is 0 Å². The lowest BCUT2D eigenvalue weighted by molar-refractivity contribution is -0.0909. The molecule has 1 heterocycles. The van der Waals surface area contributed by atoms with Crippen molar-refractivity contribution in [1.82, 2.24) is 4.90 Å². The molecule has 1 saturated heterocycles. The Kier molecular flexibility index (Phi) is 4.39. The molecule has 1 saturated carbocycles. The molecule has 2 atom stereocenters. The van der Waals surface area contributed by atoms with Gasteiger partial charge in [-0.3, -0.25) is 0 Å². The van der Waals surface area contributed by atoms with E-state index in [9.17, 15) is 5.11 Å². The van der Waals surface area contributed by atoms with Crippen LogP contribution in [0.5, 0.6) is 0 Å². The van der Waals surface area contributed by atoms with Crippen LogP contribution < -0.4 is 0 Å². The molecule has 14 heavy (non-hydrogen) atoms. The minimum atomic E-state index is -0.287. The third-order valence-electron chi connectivity index (χ3n) is 3.63. The first kappa shape index (κ1) is 12.0. The fourth-order valence-electron chi connectivity index (χ4n) is 2.74. The van der Waals surface area contributed by atoms with Gasteiger partial charge in [-0.2, -0.15) is 0 Å². The molecular weight excluding hydrogens is 174 g/mol. The van der Waals surface area contributed by atoms with E-state index in [4.69, 9.17) is 0 Å². The molecule has 0 radical (unpaired) electrons. The quantitative estimate of drug-likeness (QED) is 0.647. The van der Waals surface area contributed by atoms with Crippen LogP contribution >= 0.6 is 0 Å². The predicted molar refractivity (Wildman–Crippen MR) is 60.4 cm³/mol. The van der Waals surface area contributed by atoms with Gasteiger partial charge in [0.1, 0.15) is 0 Å². The molecular formula is C12H25NO. The third kappa shape index (κ3) is 2.48. The second-order valence-corrected chi connectivity index (χ2v) is 4.56. The number of likely N-dealkylation sites (tertiary alicyclic amines) is 1. The summed E-state index contributed by atoms with van der Waals surface area (Å²) in [5.74, 6) is 0.560. The molecule has 1 N–H and O–H groups in total. The summed E-state index contributed by atoms with van der Waals surface area (Å²) in [7, 11) is 2.16. The maximum Gasteiger partial charge on any atom is 0.0700 e. The highest BCUT2D eigenvalue weighted by Crippen LogP contribution is 2.39. The van der Waals surface area contributed by atoms with Crippen LogP contribution in [-0.4, -0.2) is 35.7 Å². The molecule has 0 bridgehead atoms. The van der Waals surface area contributed by atoms with Crippen LogP contribution in [0, 0.1) is 5.92 Å². The van der Waals surface area contributed by atoms with E-state index in [0.717, 1.165) is 25.9 Å². The van der Waals surface area contributed by atoms with Gasteiger partial charge in [-0.15, -0.1) is 0 Å². The maximum absolute atomic E-state index is 10.3. The van der Waals surface area contributed by atoms with Crippen LogP contribution in [0.3, 0.4) is 0 Å². The Bertz CT molecular complexity index is 172. The van der Waals surface area contributed by atoms with Gasteiger partial charge < -0.3 is 10.0 Å². The molecule has 1 aliphatic heterocycles. The summed E-state index contributed by atoms with van der Waals surface area (Å²) in [4.78, 5) is 2.35. The van der Waals surface area contributed by atoms with E-state index in [1.165, 1.54) is 19.3 Å². The molecule has 0 spiro atoms. The smallest absolute Gasteiger partial charge is 0.0700 e. The zero-order valence-corrected chi connectivity index (χ0v) is 9.92. The molecule has 0 unspecified atom stereocenters. The van der Waals surface area contributed by atoms with Gasteiger partial charge in [-0.25, -0.2) is 0 Å². The van der Waals surface area contributed by atoms with E-state index >= 15 is 0 Å². The number of piperidine rings is 1. The Morgan fingerprint density at radius 1 is 1.21 bits per heavy atom. The monoisotopic (exact) mass is 199 g/mol. The van der Waals surface area contributed by atoms with Crippen LogP contribution in [0.25, 0.3) is 0 Å². The highest BCUT2D eigenvalue weighted by Gasteiger charge is 2.41. The van der Waals surface area contributed by atoms with E-state index in [-0.39, 0.29) is 5.60 Å². The molecule has 1 aliphatic carbocycles. The number of rotatable bonds is 0. The lowest BCUT2D eigenvalue weighted by atomic mass is 9.71. The zero-order chi connectivity index (χ0) is 10.6. The predicted octanol–water partition coefficient (Wildman–Crippen LogP) is 2.27. The highest BCUT2D eigenvalue weighted by atomic mass is 16.3. The Hall–Kier alpha value is -0.0800. The average Bonchev–Trinajstić information content (AvgIpc) is 2.22. The van der Waals surface area contributed by atoms with Gasteiger partial charge in [0.15, 0.2) is 0 Å². The normalized spacial score (nSPS) is 38.1. The van der Waals surface area contributed by atoms with E-state index in [1.54, 1.807) is 0 Å². The van der Waals surface area contributed by atoms with E-state index in [1.807, 2.05) is 13.8 Å². The van der Waals surface area contributed by atoms with Crippen molar-refractivity contribution in [2.75, 3.05) is 20.1 Å². The molecule has 0 amide bonds. The second kappa shape index (κ2) is 5.13. The van der Waals surface area contributed by atoms with Crippen molar-refractivity contribution in [3.05, 3.63) is 0 Å². The number of hydrogen-bond acceptors (Lipinski definition) is 2. The SMILES string of the molecule is CC.CN1CC[C@]2(O)CCCC[C@@H]2C1. The van der Waals surface area contributed by atoms with Crippen molar-refractivity contribution in [3.8, 4) is 0 Å². The second-order valence-electron chi connectivity index (χ2n) is 4.56. The van der Waals surface area contributed by atoms with Crippen LogP contribution in [0.4, 0.5) is 0 Å². The summed E-state index contributed by atoms with van der Waals surface area (Å²) in [6.07, 6.45) is 5.83. The molecule has 2 rings (SSSR count). The van der Waals surface area contributed by atoms with Gasteiger partial charge in [0, 0.05) is 19.0 Å². The Labute approximate surface area is 88.3 Å². The molecule has 0 aromatic heterocycles. The van der Waals surface area contributed by atoms with Crippen LogP contribution in [0.1, 0.15) is 46.0 Å². The molecule has 0 aromatic carbocycles. The number of hydrogen-bond donors (Lipinski definition) is 1. The maximum atomic E-state index is 10.3. The average molecular weight is 199 g/mol. The van der Waals surface area contributed by atoms with Gasteiger partial charge in [-0.1, -0.05) is 26.7 Å². The summed E-state index contributed by atoms with van der Waals surface area (Å²) in [6.45, 7) is 6.18. The fourth-order valence-corrected chi connectivity index (χ4v) is 2.74. The van der Waals surface area contributed by atoms with Gasteiger partial charge in [-0.05, 0) is 26.3 Å². The van der Waals surface area contributed by atoms with Gasteiger partial charge in [0.2, 0.25) is 0 Å². The number of fused-ring (bicyclic) bond motifs is 1. The van der Waals surface area contributed by atoms with E-state index in [0.29, 0.717) is 5.92 Å². The first-order chi connectivity index (χ1) is 6.71. The largest absolute Gasteiger partial charge is 0.390 e. The van der Waals surface area contributed by atoms with Gasteiger partial charge in [0.05, 0.1) is 5.60 Å². The lowest BCUT2D eigenvalue weighted by Gasteiger charge is -2.46. The number of aliphatic hydroxyl groups is 1. The summed E-state index contributed by atoms with van der Waals surface area (Å²) in [5, 5.41) is 10.3. The molecule has 2 nitrogen and oxygen atoms in total. The van der Waals surface area contributed by atoms with Crippen molar-refractivity contribution in [2.24, 2.45) is 5.92 Å². The molecule has 84 valence electrons. The van der Waals surface area contributed by atoms with Crippen molar-refractivity contribution >= 4 is 0 Å². The van der Waals surface area contributed by atoms with E-state index < -0.39 is 0 Å². The summed E-state index contributed by atoms with van der Waals surface area (Å²) in [6, 6.07) is 0. The Morgan fingerprint density at radius 3 is 2.64 bits per heavy atom. The molecule has 2 heteroatoms. The van der Waals surface area contributed by atoms with Crippen LogP contribution in [0.2, 0.25) is 0 Å². The third-order valence-corrected chi connectivity index (χ3v) is 3.63. The lowest BCUT2D eigenvalue weighted by Crippen LogP contribution is -2.52. The van der Waals surface area contributed by atoms with E-state index in [2.05, 4.69) is 11.9 Å². The minimum absolute atomic E-state index is 0.287. The van der Waals surface area contributed by atoms with Crippen molar-refractivity contribution in [2.45, 2.75) is 51.6 Å². The van der Waals surface area contributed by atoms with Crippen molar-refractivity contribution in [3.63, 3.8) is 0 Å². The summed E-state index contributed by atoms with van der Waals surface area (Å²) in [5.41, 5.74) is -0.287. The summed E-state index contributed by atoms with van der Waals surface area (Å²) >= 11 is 0. The summed E-state index contributed by atoms with van der Waals surface area (Å²) < 4.78 is 0. The number of nitrogens with zero attached hydrogens (tertiary/aromatic N) is 1. The molecule has 0 aromatic rings. The molecule has 2 aliphatic rings. The first-order valence-corrected chi connectivity index (χ1v) is 6.12. The standard InChI is InChI=1S/C10H19NO.C2H6/c1-11-7-6-10(12)5-3-2-4-9(10)8-11;1-2/h9,12H,2-8H2,1H3;1-2H3/t9-,10-;/m1./s1. The Morgan fingerprint density at radius 2 is 1.93 bits per heavy atom. The first-order valence-electron chi connectivity index (χ1n) is 6.12. The van der Waals surface area contributed by atoms with Crippen LogP contribution in [-0.2, 0) is 0 Å². The highest BCUT2D eigenvalue weighted by molar-refractivity contribution is 4.94. The van der Waals surface area contributed by atoms with Crippen molar-refractivity contribution < 1.29 is 5.11 Å². The zero-order valence-electron chi connectivity index (χ0n) is 9.92. The fraction of sp³-hybridized carbons (Fsp3) is 1.00. The topological polar surface area (TPSA) is 23.5 Å². The molecule has 2 fully saturated rings.